The van der Waals surface area contributed by atoms with E-state index >= 15 is 0 Å². The molecule has 1 saturated carbocycles. The largest absolute Gasteiger partial charge is 0.353 e. The standard InChI is InChI=1S/C21H25N5O2S/c1-24(29(27,28)15-16-5-3-2-4-6-16)18-9-11-25(14-18)21-20-13-19(17-7-8-17)23-26(20)12-10-22-21/h2-6,10,12-13,17-18H,7-9,11,14-15H2,1H3. The second kappa shape index (κ2) is 7.11. The molecule has 1 saturated heterocycles. The first-order chi connectivity index (χ1) is 14.0. The first-order valence-electron chi connectivity index (χ1n) is 10.1. The molecular formula is C21H25N5O2S. The first-order valence-corrected chi connectivity index (χ1v) is 11.7. The third kappa shape index (κ3) is 3.62. The van der Waals surface area contributed by atoms with Crippen molar-refractivity contribution in [3.63, 3.8) is 0 Å². The molecule has 7 nitrogen and oxygen atoms in total. The van der Waals surface area contributed by atoms with Crippen LogP contribution in [0.15, 0.2) is 48.8 Å². The molecule has 2 fully saturated rings. The van der Waals surface area contributed by atoms with E-state index < -0.39 is 10.0 Å². The second-order valence-corrected chi connectivity index (χ2v) is 10.1. The van der Waals surface area contributed by atoms with Gasteiger partial charge in [-0.2, -0.15) is 9.40 Å². The Hall–Kier alpha value is -2.45. The topological polar surface area (TPSA) is 70.8 Å². The molecular weight excluding hydrogens is 386 g/mol. The number of rotatable bonds is 6. The normalized spacial score (nSPS) is 20.1. The van der Waals surface area contributed by atoms with Crippen molar-refractivity contribution in [2.75, 3.05) is 25.0 Å². The number of fused-ring (bicyclic) bond motifs is 1. The zero-order valence-electron chi connectivity index (χ0n) is 16.5. The molecule has 1 aromatic carbocycles. The van der Waals surface area contributed by atoms with Crippen LogP contribution in [0.1, 0.15) is 36.4 Å². The molecule has 3 heterocycles. The monoisotopic (exact) mass is 411 g/mol. The van der Waals surface area contributed by atoms with Gasteiger partial charge in [-0.25, -0.2) is 17.9 Å². The van der Waals surface area contributed by atoms with Gasteiger partial charge in [0.2, 0.25) is 10.0 Å². The van der Waals surface area contributed by atoms with Crippen molar-refractivity contribution in [3.05, 3.63) is 60.0 Å². The van der Waals surface area contributed by atoms with Crippen LogP contribution in [0.5, 0.6) is 0 Å². The van der Waals surface area contributed by atoms with Gasteiger partial charge in [-0.15, -0.1) is 0 Å². The van der Waals surface area contributed by atoms with Crippen molar-refractivity contribution in [3.8, 4) is 0 Å². The summed E-state index contributed by atoms with van der Waals surface area (Å²) in [6.45, 7) is 1.42. The van der Waals surface area contributed by atoms with Crippen LogP contribution in [0.25, 0.3) is 5.52 Å². The van der Waals surface area contributed by atoms with Crippen LogP contribution in [-0.4, -0.2) is 53.5 Å². The van der Waals surface area contributed by atoms with Crippen LogP contribution in [-0.2, 0) is 15.8 Å². The summed E-state index contributed by atoms with van der Waals surface area (Å²) < 4.78 is 29.3. The highest BCUT2D eigenvalue weighted by molar-refractivity contribution is 7.88. The fraction of sp³-hybridized carbons (Fsp3) is 0.429. The Balaban J connectivity index is 1.34. The van der Waals surface area contributed by atoms with Gasteiger partial charge in [0.25, 0.3) is 0 Å². The zero-order valence-corrected chi connectivity index (χ0v) is 17.3. The van der Waals surface area contributed by atoms with Gasteiger partial charge < -0.3 is 4.90 Å². The Kier molecular flexibility index (Phi) is 4.55. The summed E-state index contributed by atoms with van der Waals surface area (Å²) in [5.41, 5.74) is 2.95. The molecule has 5 rings (SSSR count). The second-order valence-electron chi connectivity index (χ2n) is 8.07. The number of nitrogens with zero attached hydrogens (tertiary/aromatic N) is 5. The highest BCUT2D eigenvalue weighted by atomic mass is 32.2. The van der Waals surface area contributed by atoms with Gasteiger partial charge in [-0.1, -0.05) is 30.3 Å². The summed E-state index contributed by atoms with van der Waals surface area (Å²) in [5.74, 6) is 1.51. The predicted octanol–water partition coefficient (Wildman–Crippen LogP) is 2.65. The number of hydrogen-bond donors (Lipinski definition) is 0. The van der Waals surface area contributed by atoms with E-state index in [1.807, 2.05) is 41.0 Å². The lowest BCUT2D eigenvalue weighted by atomic mass is 10.2. The Morgan fingerprint density at radius 1 is 1.17 bits per heavy atom. The van der Waals surface area contributed by atoms with Gasteiger partial charge in [0.15, 0.2) is 5.82 Å². The summed E-state index contributed by atoms with van der Waals surface area (Å²) in [5, 5.41) is 4.69. The Morgan fingerprint density at radius 2 is 1.97 bits per heavy atom. The third-order valence-corrected chi connectivity index (χ3v) is 7.87. The summed E-state index contributed by atoms with van der Waals surface area (Å²) in [7, 11) is -1.68. The van der Waals surface area contributed by atoms with Gasteiger partial charge in [-0.3, -0.25) is 0 Å². The van der Waals surface area contributed by atoms with Crippen molar-refractivity contribution in [2.24, 2.45) is 0 Å². The molecule has 29 heavy (non-hydrogen) atoms. The predicted molar refractivity (Wildman–Crippen MR) is 112 cm³/mol. The molecule has 1 atom stereocenters. The molecule has 1 aliphatic heterocycles. The lowest BCUT2D eigenvalue weighted by Crippen LogP contribution is -2.39. The van der Waals surface area contributed by atoms with Gasteiger partial charge in [0.1, 0.15) is 5.52 Å². The van der Waals surface area contributed by atoms with E-state index in [9.17, 15) is 8.42 Å². The van der Waals surface area contributed by atoms with Crippen LogP contribution >= 0.6 is 0 Å². The Morgan fingerprint density at radius 3 is 2.72 bits per heavy atom. The fourth-order valence-electron chi connectivity index (χ4n) is 4.09. The zero-order chi connectivity index (χ0) is 20.0. The number of likely N-dealkylation sites (N-methyl/N-ethyl adjacent to an activating group) is 1. The molecule has 0 bridgehead atoms. The minimum atomic E-state index is -3.38. The quantitative estimate of drug-likeness (QED) is 0.624. The molecule has 2 aromatic heterocycles. The molecule has 1 aliphatic carbocycles. The summed E-state index contributed by atoms with van der Waals surface area (Å²) in [6.07, 6.45) is 6.87. The average molecular weight is 412 g/mol. The van der Waals surface area contributed by atoms with E-state index in [1.54, 1.807) is 17.5 Å². The molecule has 152 valence electrons. The van der Waals surface area contributed by atoms with Gasteiger partial charge in [0, 0.05) is 44.5 Å². The smallest absolute Gasteiger partial charge is 0.218 e. The lowest BCUT2D eigenvalue weighted by molar-refractivity contribution is 0.389. The van der Waals surface area contributed by atoms with Crippen molar-refractivity contribution in [1.29, 1.82) is 0 Å². The maximum atomic E-state index is 12.9. The van der Waals surface area contributed by atoms with Crippen LogP contribution in [0.4, 0.5) is 5.82 Å². The highest BCUT2D eigenvalue weighted by Gasteiger charge is 2.34. The van der Waals surface area contributed by atoms with Crippen LogP contribution < -0.4 is 4.90 Å². The fourth-order valence-corrected chi connectivity index (χ4v) is 5.54. The Bertz CT molecular complexity index is 1120. The number of sulfonamides is 1. The van der Waals surface area contributed by atoms with Crippen molar-refractivity contribution in [1.82, 2.24) is 18.9 Å². The molecule has 0 N–H and O–H groups in total. The summed E-state index contributed by atoms with van der Waals surface area (Å²) in [4.78, 5) is 6.79. The maximum Gasteiger partial charge on any atom is 0.218 e. The van der Waals surface area contributed by atoms with Crippen molar-refractivity contribution in [2.45, 2.75) is 37.0 Å². The molecule has 0 amide bonds. The number of aromatic nitrogens is 3. The van der Waals surface area contributed by atoms with Gasteiger partial charge >= 0.3 is 0 Å². The van der Waals surface area contributed by atoms with E-state index in [2.05, 4.69) is 16.0 Å². The highest BCUT2D eigenvalue weighted by Crippen LogP contribution is 2.40. The number of anilines is 1. The molecule has 1 unspecified atom stereocenters. The number of benzene rings is 1. The third-order valence-electron chi connectivity index (χ3n) is 5.99. The number of hydrogen-bond acceptors (Lipinski definition) is 5. The summed E-state index contributed by atoms with van der Waals surface area (Å²) in [6, 6.07) is 11.4. The van der Waals surface area contributed by atoms with Crippen molar-refractivity contribution >= 4 is 21.4 Å². The minimum absolute atomic E-state index is 0.0298. The molecule has 0 spiro atoms. The van der Waals surface area contributed by atoms with E-state index in [0.29, 0.717) is 12.5 Å². The average Bonchev–Trinajstić information content (AvgIpc) is 3.29. The molecule has 3 aromatic rings. The molecule has 8 heteroatoms. The SMILES string of the molecule is CN(C1CCN(c2nccn3nc(C4CC4)cc23)C1)S(=O)(=O)Cc1ccccc1. The van der Waals surface area contributed by atoms with E-state index in [1.165, 1.54) is 12.8 Å². The van der Waals surface area contributed by atoms with E-state index in [4.69, 9.17) is 5.10 Å². The van der Waals surface area contributed by atoms with Crippen molar-refractivity contribution < 1.29 is 8.42 Å². The molecule has 2 aliphatic rings. The van der Waals surface area contributed by atoms with Crippen LogP contribution in [0.2, 0.25) is 0 Å². The lowest BCUT2D eigenvalue weighted by Gasteiger charge is -2.25. The Labute approximate surface area is 171 Å². The summed E-state index contributed by atoms with van der Waals surface area (Å²) >= 11 is 0. The minimum Gasteiger partial charge on any atom is -0.353 e. The van der Waals surface area contributed by atoms with E-state index in [-0.39, 0.29) is 11.8 Å². The molecule has 0 radical (unpaired) electrons. The van der Waals surface area contributed by atoms with Crippen LogP contribution in [0.3, 0.4) is 0 Å². The van der Waals surface area contributed by atoms with E-state index in [0.717, 1.165) is 35.6 Å². The maximum absolute atomic E-state index is 12.9. The first kappa shape index (κ1) is 18.6. The van der Waals surface area contributed by atoms with Crippen LogP contribution in [0, 0.1) is 0 Å². The van der Waals surface area contributed by atoms with Gasteiger partial charge in [-0.05, 0) is 30.9 Å². The van der Waals surface area contributed by atoms with Gasteiger partial charge in [0.05, 0.1) is 11.4 Å².